The summed E-state index contributed by atoms with van der Waals surface area (Å²) < 4.78 is 11.5. The van der Waals surface area contributed by atoms with Crippen LogP contribution in [0.15, 0.2) is 42.5 Å². The smallest absolute Gasteiger partial charge is 0.265 e. The number of carbonyl (C=O) groups excluding carboxylic acids is 2. The maximum atomic E-state index is 12.9. The number of benzene rings is 2. The number of hydrogen-bond donors (Lipinski definition) is 1. The lowest BCUT2D eigenvalue weighted by Gasteiger charge is -2.34. The summed E-state index contributed by atoms with van der Waals surface area (Å²) in [7, 11) is 0. The summed E-state index contributed by atoms with van der Waals surface area (Å²) >= 11 is 0. The largest absolute Gasteiger partial charge is 0.484 e. The first-order valence-electron chi connectivity index (χ1n) is 9.53. The van der Waals surface area contributed by atoms with E-state index in [0.29, 0.717) is 23.7 Å². The molecule has 148 valence electrons. The molecule has 1 heterocycles. The van der Waals surface area contributed by atoms with Crippen LogP contribution in [-0.4, -0.2) is 37.6 Å². The van der Waals surface area contributed by atoms with Crippen LogP contribution in [0.2, 0.25) is 0 Å². The summed E-state index contributed by atoms with van der Waals surface area (Å²) in [5.41, 5.74) is 2.92. The van der Waals surface area contributed by atoms with Gasteiger partial charge in [-0.2, -0.15) is 0 Å². The first-order chi connectivity index (χ1) is 13.5. The second-order valence-electron chi connectivity index (χ2n) is 6.90. The van der Waals surface area contributed by atoms with Crippen molar-refractivity contribution in [3.05, 3.63) is 53.6 Å². The van der Waals surface area contributed by atoms with E-state index in [4.69, 9.17) is 9.47 Å². The molecule has 2 aromatic rings. The quantitative estimate of drug-likeness (QED) is 0.834. The van der Waals surface area contributed by atoms with Crippen LogP contribution in [0.4, 0.5) is 5.69 Å². The van der Waals surface area contributed by atoms with E-state index < -0.39 is 6.10 Å². The van der Waals surface area contributed by atoms with E-state index >= 15 is 0 Å². The molecule has 0 saturated heterocycles. The average Bonchev–Trinajstić information content (AvgIpc) is 2.71. The zero-order valence-electron chi connectivity index (χ0n) is 16.5. The summed E-state index contributed by atoms with van der Waals surface area (Å²) in [4.78, 5) is 26.8. The van der Waals surface area contributed by atoms with Gasteiger partial charge in [0, 0.05) is 6.54 Å². The summed E-state index contributed by atoms with van der Waals surface area (Å²) in [5, 5.41) is 2.83. The molecule has 0 spiro atoms. The fraction of sp³-hybridized carbons (Fsp3) is 0.364. The Morgan fingerprint density at radius 3 is 2.71 bits per heavy atom. The second-order valence-corrected chi connectivity index (χ2v) is 6.90. The van der Waals surface area contributed by atoms with Gasteiger partial charge in [0.15, 0.2) is 12.7 Å². The van der Waals surface area contributed by atoms with Crippen molar-refractivity contribution >= 4 is 17.5 Å². The van der Waals surface area contributed by atoms with E-state index in [2.05, 4.69) is 5.32 Å². The maximum Gasteiger partial charge on any atom is 0.265 e. The Hall–Kier alpha value is -3.02. The Balaban J connectivity index is 1.73. The molecule has 0 radical (unpaired) electrons. The minimum atomic E-state index is -0.744. The monoisotopic (exact) mass is 382 g/mol. The number of anilines is 1. The Morgan fingerprint density at radius 1 is 1.18 bits per heavy atom. The van der Waals surface area contributed by atoms with Crippen LogP contribution in [0.5, 0.6) is 11.5 Å². The lowest BCUT2D eigenvalue weighted by molar-refractivity contribution is -0.128. The number of amides is 2. The number of fused-ring (bicyclic) bond motifs is 1. The highest BCUT2D eigenvalue weighted by atomic mass is 16.5. The van der Waals surface area contributed by atoms with Gasteiger partial charge in [-0.25, -0.2) is 0 Å². The van der Waals surface area contributed by atoms with Crippen molar-refractivity contribution in [3.63, 3.8) is 0 Å². The van der Waals surface area contributed by atoms with E-state index in [1.807, 2.05) is 57.2 Å². The van der Waals surface area contributed by atoms with Gasteiger partial charge in [-0.05, 0) is 55.7 Å². The van der Waals surface area contributed by atoms with Crippen LogP contribution in [0.3, 0.4) is 0 Å². The molecule has 0 bridgehead atoms. The van der Waals surface area contributed by atoms with Gasteiger partial charge in [-0.3, -0.25) is 9.59 Å². The van der Waals surface area contributed by atoms with Gasteiger partial charge < -0.3 is 19.7 Å². The number of hydrogen-bond acceptors (Lipinski definition) is 4. The molecular formula is C22H26N2O4. The number of aryl methyl sites for hydroxylation is 2. The van der Waals surface area contributed by atoms with Crippen molar-refractivity contribution in [2.45, 2.75) is 33.3 Å². The second kappa shape index (κ2) is 8.78. The molecule has 0 fully saturated rings. The Morgan fingerprint density at radius 2 is 1.96 bits per heavy atom. The van der Waals surface area contributed by atoms with Crippen LogP contribution in [0, 0.1) is 13.8 Å². The molecule has 6 nitrogen and oxygen atoms in total. The predicted octanol–water partition coefficient (Wildman–Crippen LogP) is 3.00. The minimum Gasteiger partial charge on any atom is -0.484 e. The van der Waals surface area contributed by atoms with E-state index in [0.717, 1.165) is 12.0 Å². The molecule has 6 heteroatoms. The molecule has 28 heavy (non-hydrogen) atoms. The summed E-state index contributed by atoms with van der Waals surface area (Å²) in [5.74, 6) is 0.728. The highest BCUT2D eigenvalue weighted by Crippen LogP contribution is 2.33. The Labute approximate surface area is 165 Å². The van der Waals surface area contributed by atoms with Gasteiger partial charge >= 0.3 is 0 Å². The van der Waals surface area contributed by atoms with E-state index in [1.54, 1.807) is 11.0 Å². The molecular weight excluding hydrogens is 356 g/mol. The Kier molecular flexibility index (Phi) is 6.19. The maximum absolute atomic E-state index is 12.9. The normalized spacial score (nSPS) is 15.4. The van der Waals surface area contributed by atoms with Crippen molar-refractivity contribution in [3.8, 4) is 11.5 Å². The highest BCUT2D eigenvalue weighted by Gasteiger charge is 2.33. The highest BCUT2D eigenvalue weighted by molar-refractivity contribution is 5.98. The van der Waals surface area contributed by atoms with Gasteiger partial charge in [0.2, 0.25) is 0 Å². The summed E-state index contributed by atoms with van der Waals surface area (Å²) in [6, 6.07) is 13.0. The Bertz CT molecular complexity index is 865. The van der Waals surface area contributed by atoms with Crippen molar-refractivity contribution in [2.24, 2.45) is 0 Å². The summed E-state index contributed by atoms with van der Waals surface area (Å²) in [6.45, 7) is 6.63. The third kappa shape index (κ3) is 4.44. The van der Waals surface area contributed by atoms with Gasteiger partial charge in [-0.15, -0.1) is 0 Å². The molecule has 2 amide bonds. The molecule has 1 N–H and O–H groups in total. The standard InChI is InChI=1S/C22H26N2O4/c1-4-11-23-22(26)20-13-24(18-7-5-6-8-19(18)28-20)21(25)14-27-17-10-9-15(2)16(3)12-17/h5-10,12,20H,4,11,13-14H2,1-3H3,(H,23,26)/t20-/m1/s1. The van der Waals surface area contributed by atoms with Crippen molar-refractivity contribution in [2.75, 3.05) is 24.6 Å². The number of para-hydroxylation sites is 2. The van der Waals surface area contributed by atoms with Crippen molar-refractivity contribution in [1.29, 1.82) is 0 Å². The lowest BCUT2D eigenvalue weighted by atomic mass is 10.1. The molecule has 2 aromatic carbocycles. The summed E-state index contributed by atoms with van der Waals surface area (Å²) in [6.07, 6.45) is 0.0913. The van der Waals surface area contributed by atoms with Gasteiger partial charge in [0.25, 0.3) is 11.8 Å². The zero-order valence-corrected chi connectivity index (χ0v) is 16.5. The average molecular weight is 382 g/mol. The number of ether oxygens (including phenoxy) is 2. The number of nitrogens with one attached hydrogen (secondary N) is 1. The first kappa shape index (κ1) is 19.7. The van der Waals surface area contributed by atoms with Crippen LogP contribution < -0.4 is 19.7 Å². The van der Waals surface area contributed by atoms with Crippen molar-refractivity contribution < 1.29 is 19.1 Å². The third-order valence-electron chi connectivity index (χ3n) is 4.76. The van der Waals surface area contributed by atoms with E-state index in [1.165, 1.54) is 5.56 Å². The SMILES string of the molecule is CCCNC(=O)[C@H]1CN(C(=O)COc2ccc(C)c(C)c2)c2ccccc2O1. The molecule has 1 aliphatic rings. The van der Waals surface area contributed by atoms with Gasteiger partial charge in [0.1, 0.15) is 11.5 Å². The minimum absolute atomic E-state index is 0.111. The first-order valence-corrected chi connectivity index (χ1v) is 9.53. The zero-order chi connectivity index (χ0) is 20.1. The predicted molar refractivity (Wildman–Crippen MR) is 108 cm³/mol. The van der Waals surface area contributed by atoms with Crippen LogP contribution in [-0.2, 0) is 9.59 Å². The molecule has 3 rings (SSSR count). The third-order valence-corrected chi connectivity index (χ3v) is 4.76. The van der Waals surface area contributed by atoms with Crippen molar-refractivity contribution in [1.82, 2.24) is 5.32 Å². The fourth-order valence-electron chi connectivity index (χ4n) is 3.00. The molecule has 0 aromatic heterocycles. The van der Waals surface area contributed by atoms with Gasteiger partial charge in [-0.1, -0.05) is 25.1 Å². The fourth-order valence-corrected chi connectivity index (χ4v) is 3.00. The molecule has 0 unspecified atom stereocenters. The molecule has 0 saturated carbocycles. The van der Waals surface area contributed by atoms with Crippen LogP contribution in [0.25, 0.3) is 0 Å². The molecule has 1 atom stereocenters. The van der Waals surface area contributed by atoms with Crippen LogP contribution >= 0.6 is 0 Å². The molecule has 0 aliphatic carbocycles. The molecule has 1 aliphatic heterocycles. The van der Waals surface area contributed by atoms with E-state index in [9.17, 15) is 9.59 Å². The topological polar surface area (TPSA) is 67.9 Å². The lowest BCUT2D eigenvalue weighted by Crippen LogP contribution is -2.51. The number of rotatable bonds is 6. The van der Waals surface area contributed by atoms with Gasteiger partial charge in [0.05, 0.1) is 12.2 Å². The van der Waals surface area contributed by atoms with E-state index in [-0.39, 0.29) is 25.0 Å². The number of carbonyl (C=O) groups is 2. The number of nitrogens with zero attached hydrogens (tertiary/aromatic N) is 1. The van der Waals surface area contributed by atoms with Crippen LogP contribution in [0.1, 0.15) is 24.5 Å².